The summed E-state index contributed by atoms with van der Waals surface area (Å²) in [5, 5.41) is 10.9. The van der Waals surface area contributed by atoms with Gasteiger partial charge in [-0.05, 0) is 131 Å². The van der Waals surface area contributed by atoms with Crippen LogP contribution in [0.4, 0.5) is 9.18 Å². The number of pyridine rings is 2. The summed E-state index contributed by atoms with van der Waals surface area (Å²) in [4.78, 5) is 36.5. The number of amides is 1. The van der Waals surface area contributed by atoms with E-state index in [-0.39, 0.29) is 64.4 Å². The van der Waals surface area contributed by atoms with Gasteiger partial charge in [0.1, 0.15) is 22.6 Å². The van der Waals surface area contributed by atoms with Gasteiger partial charge in [0.2, 0.25) is 11.3 Å². The van der Waals surface area contributed by atoms with E-state index >= 15 is 4.39 Å². The quantitative estimate of drug-likeness (QED) is 0.188. The van der Waals surface area contributed by atoms with Crippen LogP contribution in [0.2, 0.25) is 0 Å². The first-order valence-corrected chi connectivity index (χ1v) is 19.3. The molecule has 9 rings (SSSR count). The molecule has 2 aliphatic carbocycles. The normalized spacial score (nSPS) is 24.8. The molecule has 2 bridgehead atoms. The number of nitrogens with zero attached hydrogens (tertiary/aromatic N) is 5. The number of aromatic nitrogens is 2. The number of rotatable bonds is 5. The Labute approximate surface area is 311 Å². The molecule has 5 aliphatic rings. The van der Waals surface area contributed by atoms with Crippen molar-refractivity contribution in [3.63, 3.8) is 0 Å². The maximum atomic E-state index is 17.5. The SMILES string of the molecule is Cc1cc2c(nc(O[C@@H](C)[C@@H]3CCCN3C)c3c(=O)c(Br)cn([C@H]4[C@@H]5C[C@H]4N(C(=O)OC(C)(C)C)C5)c32)c(F)c1-c1cccc2c1C(C#N)CCC2. The number of carbonyl (C=O) groups is 1. The van der Waals surface area contributed by atoms with Gasteiger partial charge in [0, 0.05) is 35.7 Å². The summed E-state index contributed by atoms with van der Waals surface area (Å²) < 4.78 is 32.4. The molecule has 0 N–H and O–H groups in total. The van der Waals surface area contributed by atoms with Crippen LogP contribution >= 0.6 is 15.9 Å². The largest absolute Gasteiger partial charge is 0.472 e. The lowest BCUT2D eigenvalue weighted by Gasteiger charge is -2.39. The van der Waals surface area contributed by atoms with Crippen LogP contribution in [-0.2, 0) is 11.2 Å². The van der Waals surface area contributed by atoms with Crippen molar-refractivity contribution < 1.29 is 18.7 Å². The van der Waals surface area contributed by atoms with Crippen LogP contribution < -0.4 is 10.2 Å². The standard InChI is InChI=1S/C41H45BrFN5O4/c1-21-16-27-35(34(43)31(21)26-13-8-11-23-10-7-12-24(18-44)32(23)26)45-39(51-22(2)29-14-9-15-46(29)6)33-37(27)48(20-28(42)38(33)49)36-25-17-30(36)47(19-25)40(50)52-41(3,4)5/h8,11,13,16,20,22,24-25,29-30,36H,7,9-10,12,14-15,17,19H2,1-6H3/t22-,24?,25+,29-,30+,36-/m0/s1. The summed E-state index contributed by atoms with van der Waals surface area (Å²) in [6, 6.07) is 10.1. The van der Waals surface area contributed by atoms with Crippen molar-refractivity contribution in [3.05, 3.63) is 67.7 Å². The highest BCUT2D eigenvalue weighted by atomic mass is 79.9. The van der Waals surface area contributed by atoms with E-state index in [1.807, 2.05) is 58.9 Å². The van der Waals surface area contributed by atoms with Gasteiger partial charge in [-0.15, -0.1) is 0 Å². The Morgan fingerprint density at radius 2 is 2.00 bits per heavy atom. The van der Waals surface area contributed by atoms with Crippen molar-refractivity contribution in [1.82, 2.24) is 19.4 Å². The number of ether oxygens (including phenoxy) is 2. The lowest BCUT2D eigenvalue weighted by atomic mass is 9.78. The van der Waals surface area contributed by atoms with E-state index < -0.39 is 11.4 Å². The fourth-order valence-electron chi connectivity index (χ4n) is 9.49. The zero-order valence-electron chi connectivity index (χ0n) is 30.6. The van der Waals surface area contributed by atoms with Gasteiger partial charge in [-0.3, -0.25) is 9.69 Å². The first-order valence-electron chi connectivity index (χ1n) is 18.5. The van der Waals surface area contributed by atoms with Gasteiger partial charge in [-0.25, -0.2) is 14.2 Å². The van der Waals surface area contributed by atoms with Crippen molar-refractivity contribution in [1.29, 1.82) is 5.26 Å². The fourth-order valence-corrected chi connectivity index (χ4v) is 9.90. The topological polar surface area (TPSA) is 101 Å². The van der Waals surface area contributed by atoms with Gasteiger partial charge >= 0.3 is 6.09 Å². The summed E-state index contributed by atoms with van der Waals surface area (Å²) in [6.07, 6.45) is 6.40. The van der Waals surface area contributed by atoms with Gasteiger partial charge in [-0.2, -0.15) is 5.26 Å². The lowest BCUT2D eigenvalue weighted by Crippen LogP contribution is -2.44. The minimum absolute atomic E-state index is 0.102. The molecule has 272 valence electrons. The zero-order chi connectivity index (χ0) is 36.8. The van der Waals surface area contributed by atoms with Crippen LogP contribution in [0, 0.1) is 30.0 Å². The van der Waals surface area contributed by atoms with E-state index in [4.69, 9.17) is 14.5 Å². The number of benzene rings is 2. The highest BCUT2D eigenvalue weighted by Crippen LogP contribution is 2.52. The second-order valence-electron chi connectivity index (χ2n) is 16.3. The van der Waals surface area contributed by atoms with E-state index in [1.165, 1.54) is 0 Å². The van der Waals surface area contributed by atoms with E-state index in [0.717, 1.165) is 56.2 Å². The summed E-state index contributed by atoms with van der Waals surface area (Å²) in [7, 11) is 2.07. The minimum Gasteiger partial charge on any atom is -0.472 e. The average molecular weight is 771 g/mol. The number of hydrogen-bond acceptors (Lipinski definition) is 7. The Bertz CT molecular complexity index is 2240. The molecule has 3 saturated heterocycles. The number of fused-ring (bicyclic) bond motifs is 5. The molecular weight excluding hydrogens is 725 g/mol. The predicted molar refractivity (Wildman–Crippen MR) is 202 cm³/mol. The van der Waals surface area contributed by atoms with Crippen LogP contribution in [0.25, 0.3) is 32.9 Å². The van der Waals surface area contributed by atoms with Gasteiger partial charge in [0.05, 0.1) is 34.1 Å². The number of halogens is 2. The van der Waals surface area contributed by atoms with Gasteiger partial charge in [0.15, 0.2) is 5.82 Å². The molecule has 2 aromatic carbocycles. The molecule has 4 aromatic rings. The maximum Gasteiger partial charge on any atom is 0.410 e. The molecule has 1 amide bonds. The van der Waals surface area contributed by atoms with Crippen molar-refractivity contribution in [3.8, 4) is 23.1 Å². The first-order chi connectivity index (χ1) is 24.8. The Morgan fingerprint density at radius 1 is 1.21 bits per heavy atom. The van der Waals surface area contributed by atoms with E-state index in [2.05, 4.69) is 38.5 Å². The van der Waals surface area contributed by atoms with Crippen LogP contribution in [0.5, 0.6) is 5.88 Å². The lowest BCUT2D eigenvalue weighted by molar-refractivity contribution is 0.0210. The van der Waals surface area contributed by atoms with Crippen molar-refractivity contribution in [2.75, 3.05) is 20.1 Å². The van der Waals surface area contributed by atoms with Gasteiger partial charge in [0.25, 0.3) is 0 Å². The molecule has 5 heterocycles. The average Bonchev–Trinajstić information content (AvgIpc) is 3.82. The number of likely N-dealkylation sites (N-methyl/N-ethyl adjacent to an activating group) is 1. The van der Waals surface area contributed by atoms with Crippen molar-refractivity contribution in [2.24, 2.45) is 5.92 Å². The molecule has 4 fully saturated rings. The minimum atomic E-state index is -0.636. The van der Waals surface area contributed by atoms with Crippen molar-refractivity contribution in [2.45, 2.75) is 109 Å². The molecule has 2 aromatic heterocycles. The second-order valence-corrected chi connectivity index (χ2v) is 17.1. The number of nitriles is 1. The molecule has 1 unspecified atom stereocenters. The molecule has 6 atom stereocenters. The van der Waals surface area contributed by atoms with Crippen LogP contribution in [0.1, 0.15) is 88.4 Å². The number of hydrogen-bond donors (Lipinski definition) is 0. The van der Waals surface area contributed by atoms with Gasteiger partial charge < -0.3 is 18.9 Å². The Hall–Kier alpha value is -4.01. The summed E-state index contributed by atoms with van der Waals surface area (Å²) in [5.74, 6) is -0.605. The van der Waals surface area contributed by atoms with Gasteiger partial charge in [-0.1, -0.05) is 18.2 Å². The van der Waals surface area contributed by atoms with Crippen molar-refractivity contribution >= 4 is 43.8 Å². The second kappa shape index (κ2) is 12.8. The summed E-state index contributed by atoms with van der Waals surface area (Å²) >= 11 is 3.56. The Balaban J connectivity index is 1.37. The number of likely N-dealkylation sites (tertiary alicyclic amines) is 1. The zero-order valence-corrected chi connectivity index (χ0v) is 32.2. The van der Waals surface area contributed by atoms with E-state index in [9.17, 15) is 14.9 Å². The monoisotopic (exact) mass is 769 g/mol. The molecule has 0 radical (unpaired) electrons. The summed E-state index contributed by atoms with van der Waals surface area (Å²) in [5.41, 5.74) is 3.52. The molecule has 3 aliphatic heterocycles. The summed E-state index contributed by atoms with van der Waals surface area (Å²) in [6.45, 7) is 10.9. The first kappa shape index (κ1) is 35.0. The smallest absolute Gasteiger partial charge is 0.410 e. The fraction of sp³-hybridized carbons (Fsp3) is 0.512. The Kier molecular flexibility index (Phi) is 8.65. The third-order valence-corrected chi connectivity index (χ3v) is 12.4. The molecule has 0 spiro atoms. The number of aryl methyl sites for hydroxylation is 2. The third-order valence-electron chi connectivity index (χ3n) is 11.8. The highest BCUT2D eigenvalue weighted by Gasteiger charge is 2.56. The van der Waals surface area contributed by atoms with Crippen LogP contribution in [0.15, 0.2) is 39.7 Å². The third kappa shape index (κ3) is 5.59. The maximum absolute atomic E-state index is 17.5. The van der Waals surface area contributed by atoms with E-state index in [0.29, 0.717) is 38.6 Å². The van der Waals surface area contributed by atoms with Crippen LogP contribution in [0.3, 0.4) is 0 Å². The van der Waals surface area contributed by atoms with Crippen LogP contribution in [-0.4, -0.2) is 69.4 Å². The Morgan fingerprint density at radius 3 is 2.71 bits per heavy atom. The number of carbonyl (C=O) groups excluding carboxylic acids is 1. The molecule has 11 heteroatoms. The molecule has 1 saturated carbocycles. The van der Waals surface area contributed by atoms with E-state index in [1.54, 1.807) is 11.1 Å². The predicted octanol–water partition coefficient (Wildman–Crippen LogP) is 8.41. The molecule has 9 nitrogen and oxygen atoms in total. The highest BCUT2D eigenvalue weighted by molar-refractivity contribution is 9.10. The molecular formula is C41H45BrFN5O4. The molecule has 52 heavy (non-hydrogen) atoms.